The van der Waals surface area contributed by atoms with Crippen LogP contribution in [0.25, 0.3) is 0 Å². The van der Waals surface area contributed by atoms with E-state index in [1.54, 1.807) is 0 Å². The Hall–Kier alpha value is -3.15. The molecule has 1 aliphatic carbocycles. The molecule has 6 nitrogen and oxygen atoms in total. The molecule has 0 aromatic heterocycles. The van der Waals surface area contributed by atoms with Crippen molar-refractivity contribution in [3.63, 3.8) is 0 Å². The standard InChI is InChI=1S/C19H18N2O4/c1-19(12-7-3-2-4-8-12)11-15(19)17(23)21-20-16(22)13-9-5-6-10-14(13)18(24)25/h2-10,15H,11H2,1H3,(H,20,22)(H,21,23)(H,24,25)/p-1/t15-,19-/m0/s1. The first-order valence-electron chi connectivity index (χ1n) is 7.89. The molecule has 0 spiro atoms. The van der Waals surface area contributed by atoms with Crippen molar-refractivity contribution in [1.29, 1.82) is 0 Å². The fourth-order valence-corrected chi connectivity index (χ4v) is 3.02. The molecule has 2 aromatic rings. The summed E-state index contributed by atoms with van der Waals surface area (Å²) in [6.45, 7) is 2.00. The molecular formula is C19H17N2O4-. The van der Waals surface area contributed by atoms with Crippen LogP contribution in [-0.2, 0) is 10.2 Å². The number of hydrogen-bond acceptors (Lipinski definition) is 4. The van der Waals surface area contributed by atoms with Crippen molar-refractivity contribution in [2.45, 2.75) is 18.8 Å². The van der Waals surface area contributed by atoms with E-state index in [0.29, 0.717) is 6.42 Å². The number of carboxylic acids is 1. The van der Waals surface area contributed by atoms with Crippen LogP contribution in [0.4, 0.5) is 0 Å². The molecule has 2 aromatic carbocycles. The second-order valence-corrected chi connectivity index (χ2v) is 6.32. The van der Waals surface area contributed by atoms with Gasteiger partial charge in [-0.05, 0) is 18.1 Å². The van der Waals surface area contributed by atoms with Crippen molar-refractivity contribution in [1.82, 2.24) is 10.9 Å². The minimum absolute atomic E-state index is 0.0654. The number of amides is 2. The Morgan fingerprint density at radius 1 is 0.960 bits per heavy atom. The highest BCUT2D eigenvalue weighted by molar-refractivity contribution is 6.04. The SMILES string of the molecule is C[C@@]1(c2ccccc2)C[C@H]1C(=O)NNC(=O)c1ccccc1C(=O)[O-]. The summed E-state index contributed by atoms with van der Waals surface area (Å²) < 4.78 is 0. The van der Waals surface area contributed by atoms with E-state index >= 15 is 0 Å². The van der Waals surface area contributed by atoms with E-state index in [9.17, 15) is 19.5 Å². The number of carbonyl (C=O) groups is 3. The Balaban J connectivity index is 1.63. The van der Waals surface area contributed by atoms with E-state index in [4.69, 9.17) is 0 Å². The number of hydrogen-bond donors (Lipinski definition) is 2. The number of aromatic carboxylic acids is 1. The molecular weight excluding hydrogens is 320 g/mol. The minimum Gasteiger partial charge on any atom is -0.545 e. The number of hydrazine groups is 1. The van der Waals surface area contributed by atoms with Crippen LogP contribution in [-0.4, -0.2) is 17.8 Å². The van der Waals surface area contributed by atoms with Gasteiger partial charge < -0.3 is 9.90 Å². The number of carbonyl (C=O) groups excluding carboxylic acids is 3. The van der Waals surface area contributed by atoms with E-state index < -0.39 is 11.9 Å². The van der Waals surface area contributed by atoms with Crippen LogP contribution in [0.5, 0.6) is 0 Å². The molecule has 3 rings (SSSR count). The zero-order chi connectivity index (χ0) is 18.0. The molecule has 0 aliphatic heterocycles. The van der Waals surface area contributed by atoms with Crippen molar-refractivity contribution >= 4 is 17.8 Å². The van der Waals surface area contributed by atoms with E-state index in [0.717, 1.165) is 5.56 Å². The number of carboxylic acid groups (broad SMARTS) is 1. The third-order valence-electron chi connectivity index (χ3n) is 4.68. The predicted octanol–water partition coefficient (Wildman–Crippen LogP) is 0.789. The van der Waals surface area contributed by atoms with Gasteiger partial charge in [-0.15, -0.1) is 0 Å². The molecule has 1 saturated carbocycles. The van der Waals surface area contributed by atoms with Crippen molar-refractivity contribution in [3.05, 3.63) is 71.3 Å². The van der Waals surface area contributed by atoms with Gasteiger partial charge >= 0.3 is 0 Å². The summed E-state index contributed by atoms with van der Waals surface area (Å²) in [4.78, 5) is 35.5. The summed E-state index contributed by atoms with van der Waals surface area (Å²) >= 11 is 0. The normalized spacial score (nSPS) is 21.2. The van der Waals surface area contributed by atoms with Crippen LogP contribution < -0.4 is 16.0 Å². The van der Waals surface area contributed by atoms with Crippen molar-refractivity contribution < 1.29 is 19.5 Å². The van der Waals surface area contributed by atoms with E-state index in [1.807, 2.05) is 37.3 Å². The molecule has 0 heterocycles. The number of rotatable bonds is 4. The summed E-state index contributed by atoms with van der Waals surface area (Å²) in [5, 5.41) is 11.0. The minimum atomic E-state index is -1.45. The monoisotopic (exact) mass is 337 g/mol. The Morgan fingerprint density at radius 2 is 1.56 bits per heavy atom. The summed E-state index contributed by atoms with van der Waals surface area (Å²) in [5.74, 6) is -2.69. The highest BCUT2D eigenvalue weighted by atomic mass is 16.4. The summed E-state index contributed by atoms with van der Waals surface area (Å²) in [6.07, 6.45) is 0.689. The largest absolute Gasteiger partial charge is 0.545 e. The van der Waals surface area contributed by atoms with Crippen molar-refractivity contribution in [2.24, 2.45) is 5.92 Å². The second kappa shape index (κ2) is 6.39. The highest BCUT2D eigenvalue weighted by Crippen LogP contribution is 2.53. The van der Waals surface area contributed by atoms with E-state index in [1.165, 1.54) is 24.3 Å². The zero-order valence-corrected chi connectivity index (χ0v) is 13.6. The molecule has 2 N–H and O–H groups in total. The lowest BCUT2D eigenvalue weighted by Gasteiger charge is -2.13. The van der Waals surface area contributed by atoms with Gasteiger partial charge in [-0.3, -0.25) is 20.4 Å². The van der Waals surface area contributed by atoms with Gasteiger partial charge in [-0.25, -0.2) is 0 Å². The summed E-state index contributed by atoms with van der Waals surface area (Å²) in [6, 6.07) is 15.4. The molecule has 0 radical (unpaired) electrons. The zero-order valence-electron chi connectivity index (χ0n) is 13.6. The van der Waals surface area contributed by atoms with Crippen LogP contribution in [0.3, 0.4) is 0 Å². The van der Waals surface area contributed by atoms with Crippen LogP contribution in [0.15, 0.2) is 54.6 Å². The van der Waals surface area contributed by atoms with E-state index in [-0.39, 0.29) is 28.4 Å². The fraction of sp³-hybridized carbons (Fsp3) is 0.211. The third kappa shape index (κ3) is 3.24. The smallest absolute Gasteiger partial charge is 0.270 e. The Bertz CT molecular complexity index is 834. The first-order chi connectivity index (χ1) is 11.9. The molecule has 2 atom stereocenters. The van der Waals surface area contributed by atoms with Crippen molar-refractivity contribution in [3.8, 4) is 0 Å². The second-order valence-electron chi connectivity index (χ2n) is 6.32. The molecule has 0 unspecified atom stereocenters. The van der Waals surface area contributed by atoms with Gasteiger partial charge in [-0.2, -0.15) is 0 Å². The lowest BCUT2D eigenvalue weighted by molar-refractivity contribution is -0.255. The lowest BCUT2D eigenvalue weighted by atomic mass is 9.95. The molecule has 1 fully saturated rings. The van der Waals surface area contributed by atoms with E-state index in [2.05, 4.69) is 10.9 Å². The Labute approximate surface area is 144 Å². The van der Waals surface area contributed by atoms with Gasteiger partial charge in [0.15, 0.2) is 0 Å². The van der Waals surface area contributed by atoms with Crippen molar-refractivity contribution in [2.75, 3.05) is 0 Å². The summed E-state index contributed by atoms with van der Waals surface area (Å²) in [7, 11) is 0. The Morgan fingerprint density at radius 3 is 2.20 bits per heavy atom. The third-order valence-corrected chi connectivity index (χ3v) is 4.68. The molecule has 25 heavy (non-hydrogen) atoms. The Kier molecular flexibility index (Phi) is 4.27. The van der Waals surface area contributed by atoms with Gasteiger partial charge in [0.05, 0.1) is 11.5 Å². The molecule has 0 saturated heterocycles. The maximum Gasteiger partial charge on any atom is 0.270 e. The maximum absolute atomic E-state index is 12.3. The number of nitrogens with one attached hydrogen (secondary N) is 2. The number of benzene rings is 2. The quantitative estimate of drug-likeness (QED) is 0.806. The average molecular weight is 337 g/mol. The molecule has 2 amide bonds. The highest BCUT2D eigenvalue weighted by Gasteiger charge is 2.55. The van der Waals surface area contributed by atoms with Gasteiger partial charge in [0.1, 0.15) is 0 Å². The summed E-state index contributed by atoms with van der Waals surface area (Å²) in [5.41, 5.74) is 5.19. The lowest BCUT2D eigenvalue weighted by Crippen LogP contribution is -2.44. The van der Waals surface area contributed by atoms with Gasteiger partial charge in [0.25, 0.3) is 5.91 Å². The van der Waals surface area contributed by atoms with Crippen LogP contribution in [0, 0.1) is 5.92 Å². The first-order valence-corrected chi connectivity index (χ1v) is 7.89. The average Bonchev–Trinajstić information content (AvgIpc) is 3.33. The predicted molar refractivity (Wildman–Crippen MR) is 88.3 cm³/mol. The van der Waals surface area contributed by atoms with Gasteiger partial charge in [0, 0.05) is 16.9 Å². The molecule has 1 aliphatic rings. The molecule has 128 valence electrons. The fourth-order valence-electron chi connectivity index (χ4n) is 3.02. The van der Waals surface area contributed by atoms with Gasteiger partial charge in [0.2, 0.25) is 5.91 Å². The molecule has 6 heteroatoms. The topological polar surface area (TPSA) is 98.3 Å². The first kappa shape index (κ1) is 16.7. The maximum atomic E-state index is 12.3. The van der Waals surface area contributed by atoms with Crippen LogP contribution in [0.2, 0.25) is 0 Å². The van der Waals surface area contributed by atoms with Gasteiger partial charge in [-0.1, -0.05) is 55.5 Å². The van der Waals surface area contributed by atoms with Crippen LogP contribution >= 0.6 is 0 Å². The molecule has 0 bridgehead atoms. The van der Waals surface area contributed by atoms with Crippen LogP contribution in [0.1, 0.15) is 39.6 Å².